The lowest BCUT2D eigenvalue weighted by Crippen LogP contribution is -2.28. The van der Waals surface area contributed by atoms with Gasteiger partial charge in [-0.25, -0.2) is 23.4 Å². The third-order valence-electron chi connectivity index (χ3n) is 5.52. The van der Waals surface area contributed by atoms with Crippen molar-refractivity contribution in [2.45, 2.75) is 44.1 Å². The number of aliphatic hydroxyl groups is 1. The number of aryl methyl sites for hydroxylation is 1. The van der Waals surface area contributed by atoms with Crippen LogP contribution >= 0.6 is 0 Å². The molecule has 0 saturated carbocycles. The van der Waals surface area contributed by atoms with Gasteiger partial charge in [0.05, 0.1) is 23.5 Å². The lowest BCUT2D eigenvalue weighted by atomic mass is 10.2. The van der Waals surface area contributed by atoms with E-state index in [1.54, 1.807) is 19.9 Å². The van der Waals surface area contributed by atoms with Crippen LogP contribution in [0.1, 0.15) is 26.3 Å². The van der Waals surface area contributed by atoms with Crippen molar-refractivity contribution in [1.29, 1.82) is 0 Å². The van der Waals surface area contributed by atoms with Crippen LogP contribution in [0.4, 0.5) is 19.0 Å². The topological polar surface area (TPSA) is 127 Å². The molecule has 182 valence electrons. The smallest absolute Gasteiger partial charge is 0.391 e. The summed E-state index contributed by atoms with van der Waals surface area (Å²) in [5, 5.41) is 16.9. The number of imidazole rings is 1. The lowest BCUT2D eigenvalue weighted by Gasteiger charge is -2.18. The highest BCUT2D eigenvalue weighted by Gasteiger charge is 2.33. The first-order valence-corrected chi connectivity index (χ1v) is 12.0. The quantitative estimate of drug-likeness (QED) is 0.416. The van der Waals surface area contributed by atoms with Crippen molar-refractivity contribution in [1.82, 2.24) is 29.1 Å². The Labute approximate surface area is 192 Å². The van der Waals surface area contributed by atoms with E-state index in [9.17, 15) is 26.7 Å². The molecule has 0 saturated heterocycles. The first kappa shape index (κ1) is 23.9. The van der Waals surface area contributed by atoms with Gasteiger partial charge in [0.2, 0.25) is 0 Å². The van der Waals surface area contributed by atoms with Crippen molar-refractivity contribution >= 4 is 32.5 Å². The summed E-state index contributed by atoms with van der Waals surface area (Å²) in [4.78, 5) is 12.5. The summed E-state index contributed by atoms with van der Waals surface area (Å²) < 4.78 is 68.1. The number of sulfone groups is 1. The molecular weight excluding hydrogens is 475 g/mol. The molecule has 4 aromatic rings. The second-order valence-electron chi connectivity index (χ2n) is 7.88. The van der Waals surface area contributed by atoms with E-state index < -0.39 is 33.7 Å². The van der Waals surface area contributed by atoms with Gasteiger partial charge in [-0.2, -0.15) is 22.8 Å². The molecular formula is C20H22F3N7O3S. The summed E-state index contributed by atoms with van der Waals surface area (Å²) in [6, 6.07) is 2.03. The molecule has 0 radical (unpaired) electrons. The lowest BCUT2D eigenvalue weighted by molar-refractivity contribution is -0.137. The largest absolute Gasteiger partial charge is 0.417 e. The molecule has 0 aliphatic rings. The average Bonchev–Trinajstić information content (AvgIpc) is 3.31. The number of halogens is 3. The normalized spacial score (nSPS) is 14.6. The molecule has 0 aliphatic carbocycles. The molecule has 10 nitrogen and oxygen atoms in total. The highest BCUT2D eigenvalue weighted by atomic mass is 32.2. The van der Waals surface area contributed by atoms with Gasteiger partial charge in [-0.15, -0.1) is 0 Å². The van der Waals surface area contributed by atoms with Gasteiger partial charge >= 0.3 is 6.18 Å². The molecule has 0 aromatic carbocycles. The third kappa shape index (κ3) is 3.96. The summed E-state index contributed by atoms with van der Waals surface area (Å²) in [7, 11) is -2.37. The SMILES string of the molecule is CCS(=O)(=O)c1nn2c(NC(C)C(C)O)ccnc2c1-c1nc2cc(C(F)(F)F)cnc2n1C. The van der Waals surface area contributed by atoms with E-state index in [-0.39, 0.29) is 39.0 Å². The fourth-order valence-corrected chi connectivity index (χ4v) is 4.37. The fraction of sp³-hybridized carbons (Fsp3) is 0.400. The molecule has 14 heteroatoms. The highest BCUT2D eigenvalue weighted by molar-refractivity contribution is 7.91. The summed E-state index contributed by atoms with van der Waals surface area (Å²) in [5.74, 6) is 0.155. The maximum absolute atomic E-state index is 13.2. The van der Waals surface area contributed by atoms with Crippen LogP contribution in [0.2, 0.25) is 0 Å². The zero-order chi connectivity index (χ0) is 25.0. The second kappa shape index (κ2) is 8.20. The minimum absolute atomic E-state index is 0.0456. The Morgan fingerprint density at radius 2 is 1.91 bits per heavy atom. The van der Waals surface area contributed by atoms with Gasteiger partial charge in [-0.05, 0) is 26.0 Å². The number of aliphatic hydroxyl groups excluding tert-OH is 1. The summed E-state index contributed by atoms with van der Waals surface area (Å²) in [6.07, 6.45) is -3.19. The third-order valence-corrected chi connectivity index (χ3v) is 7.16. The van der Waals surface area contributed by atoms with Gasteiger partial charge in [0.1, 0.15) is 22.7 Å². The van der Waals surface area contributed by atoms with E-state index in [0.29, 0.717) is 12.0 Å². The molecule has 2 unspecified atom stereocenters. The van der Waals surface area contributed by atoms with Gasteiger partial charge in [0, 0.05) is 19.4 Å². The van der Waals surface area contributed by atoms with Crippen LogP contribution in [0.5, 0.6) is 0 Å². The highest BCUT2D eigenvalue weighted by Crippen LogP contribution is 2.35. The molecule has 34 heavy (non-hydrogen) atoms. The number of rotatable bonds is 6. The Bertz CT molecular complexity index is 1490. The number of pyridine rings is 1. The first-order valence-electron chi connectivity index (χ1n) is 10.3. The summed E-state index contributed by atoms with van der Waals surface area (Å²) >= 11 is 0. The van der Waals surface area contributed by atoms with Crippen molar-refractivity contribution in [3.63, 3.8) is 0 Å². The van der Waals surface area contributed by atoms with E-state index in [0.717, 1.165) is 6.07 Å². The van der Waals surface area contributed by atoms with E-state index in [1.165, 1.54) is 29.3 Å². The van der Waals surface area contributed by atoms with E-state index in [1.807, 2.05) is 0 Å². The predicted octanol–water partition coefficient (Wildman–Crippen LogP) is 2.67. The number of fused-ring (bicyclic) bond motifs is 2. The zero-order valence-corrected chi connectivity index (χ0v) is 19.5. The first-order chi connectivity index (χ1) is 15.8. The van der Waals surface area contributed by atoms with Crippen molar-refractivity contribution in [3.8, 4) is 11.4 Å². The van der Waals surface area contributed by atoms with Gasteiger partial charge in [-0.3, -0.25) is 0 Å². The molecule has 2 N–H and O–H groups in total. The Morgan fingerprint density at radius 1 is 1.21 bits per heavy atom. The minimum Gasteiger partial charge on any atom is -0.391 e. The van der Waals surface area contributed by atoms with Crippen LogP contribution in [0.15, 0.2) is 29.6 Å². The number of nitrogens with zero attached hydrogens (tertiary/aromatic N) is 6. The van der Waals surface area contributed by atoms with Crippen LogP contribution in [0.25, 0.3) is 28.2 Å². The number of anilines is 1. The van der Waals surface area contributed by atoms with Crippen molar-refractivity contribution < 1.29 is 26.7 Å². The number of hydrogen-bond donors (Lipinski definition) is 2. The minimum atomic E-state index is -4.61. The molecule has 0 fully saturated rings. The fourth-order valence-electron chi connectivity index (χ4n) is 3.39. The van der Waals surface area contributed by atoms with E-state index in [2.05, 4.69) is 25.4 Å². The predicted molar refractivity (Wildman–Crippen MR) is 118 cm³/mol. The number of alkyl halides is 3. The second-order valence-corrected chi connectivity index (χ2v) is 10.1. The Morgan fingerprint density at radius 3 is 2.53 bits per heavy atom. The van der Waals surface area contributed by atoms with Gasteiger partial charge < -0.3 is 15.0 Å². The van der Waals surface area contributed by atoms with Gasteiger partial charge in [-0.1, -0.05) is 6.92 Å². The van der Waals surface area contributed by atoms with Crippen molar-refractivity contribution in [3.05, 3.63) is 30.1 Å². The Kier molecular flexibility index (Phi) is 5.76. The van der Waals surface area contributed by atoms with Crippen LogP contribution in [0.3, 0.4) is 0 Å². The summed E-state index contributed by atoms with van der Waals surface area (Å²) in [5.41, 5.74) is -0.709. The number of hydrogen-bond acceptors (Lipinski definition) is 8. The van der Waals surface area contributed by atoms with Crippen LogP contribution in [-0.2, 0) is 23.1 Å². The van der Waals surface area contributed by atoms with E-state index in [4.69, 9.17) is 0 Å². The van der Waals surface area contributed by atoms with Crippen LogP contribution in [0, 0.1) is 0 Å². The standard InChI is InChI=1S/C20H22F3N7O3S/c1-5-34(32,33)19-15(17-24-7-6-14(30(17)28-19)26-10(2)11(3)31)18-27-13-8-12(20(21,22)23)9-25-16(13)29(18)4/h6-11,26,31H,5H2,1-4H3. The van der Waals surface area contributed by atoms with Gasteiger partial charge in [0.15, 0.2) is 26.2 Å². The molecule has 0 spiro atoms. The van der Waals surface area contributed by atoms with Crippen LogP contribution in [-0.4, -0.2) is 60.6 Å². The molecule has 2 atom stereocenters. The van der Waals surface area contributed by atoms with E-state index >= 15 is 0 Å². The maximum atomic E-state index is 13.2. The van der Waals surface area contributed by atoms with Crippen LogP contribution < -0.4 is 5.32 Å². The van der Waals surface area contributed by atoms with Crippen molar-refractivity contribution in [2.75, 3.05) is 11.1 Å². The molecule has 0 bridgehead atoms. The number of nitrogens with one attached hydrogen (secondary N) is 1. The Hall–Kier alpha value is -3.26. The monoisotopic (exact) mass is 497 g/mol. The molecule has 0 amide bonds. The number of aromatic nitrogens is 6. The molecule has 4 heterocycles. The maximum Gasteiger partial charge on any atom is 0.417 e. The molecule has 4 rings (SSSR count). The summed E-state index contributed by atoms with van der Waals surface area (Å²) in [6.45, 7) is 4.79. The Balaban J connectivity index is 2.02. The molecule has 4 aromatic heterocycles. The van der Waals surface area contributed by atoms with Gasteiger partial charge in [0.25, 0.3) is 0 Å². The molecule has 0 aliphatic heterocycles. The average molecular weight is 498 g/mol. The van der Waals surface area contributed by atoms with Crippen molar-refractivity contribution in [2.24, 2.45) is 7.05 Å². The zero-order valence-electron chi connectivity index (χ0n) is 18.7.